The number of benzene rings is 1. The van der Waals surface area contributed by atoms with Gasteiger partial charge in [-0.3, -0.25) is 9.59 Å². The average molecular weight is 529 g/mol. The molecule has 0 bridgehead atoms. The van der Waals surface area contributed by atoms with Crippen molar-refractivity contribution in [3.8, 4) is 5.75 Å². The lowest BCUT2D eigenvalue weighted by Gasteiger charge is -2.42. The van der Waals surface area contributed by atoms with Crippen LogP contribution in [-0.2, 0) is 19.1 Å². The number of hydrogen-bond donors (Lipinski definition) is 4. The zero-order valence-electron chi connectivity index (χ0n) is 22.1. The molecule has 1 aromatic rings. The number of carbonyl (C=O) groups excluding carboxylic acids is 2. The summed E-state index contributed by atoms with van der Waals surface area (Å²) in [6.45, 7) is 7.60. The first-order valence-corrected chi connectivity index (χ1v) is 13.1. The van der Waals surface area contributed by atoms with Gasteiger partial charge in [0, 0.05) is 42.7 Å². The van der Waals surface area contributed by atoms with Crippen molar-refractivity contribution in [1.82, 2.24) is 0 Å². The van der Waals surface area contributed by atoms with E-state index in [1.54, 1.807) is 24.3 Å². The molecule has 1 aromatic carbocycles. The summed E-state index contributed by atoms with van der Waals surface area (Å²) in [6.07, 6.45) is -5.01. The van der Waals surface area contributed by atoms with Gasteiger partial charge in [-0.2, -0.15) is 0 Å². The first-order valence-electron chi connectivity index (χ1n) is 13.1. The van der Waals surface area contributed by atoms with Crippen LogP contribution >= 0.6 is 0 Å². The van der Waals surface area contributed by atoms with Gasteiger partial charge in [0.05, 0.1) is 6.61 Å². The van der Waals surface area contributed by atoms with Gasteiger partial charge in [-0.25, -0.2) is 0 Å². The number of rotatable bonds is 4. The molecule has 0 radical (unpaired) electrons. The van der Waals surface area contributed by atoms with Crippen LogP contribution in [0.1, 0.15) is 64.9 Å². The van der Waals surface area contributed by atoms with Crippen LogP contribution in [0, 0.1) is 10.8 Å². The van der Waals surface area contributed by atoms with E-state index < -0.39 is 43.2 Å². The monoisotopic (exact) mass is 528 g/mol. The van der Waals surface area contributed by atoms with Gasteiger partial charge in [-0.1, -0.05) is 39.8 Å². The maximum Gasteiger partial charge on any atom is 0.229 e. The standard InChI is InChI=1S/C29H36O9/c1-28(2)9-16(31)22-18(11-28)37-19-12-29(3,4)10-17(32)23(19)21(22)14-5-7-15(8-6-14)36-27-26(35)25(34)24(33)20(13-30)38-27/h5-8,20-21,24-27,30,33-35H,9-13H2,1-4H3/t20?,24-,25+,26+,27-/m1/s1. The second kappa shape index (κ2) is 9.57. The molecular weight excluding hydrogens is 492 g/mol. The molecule has 4 N–H and O–H groups in total. The van der Waals surface area contributed by atoms with Crippen LogP contribution in [0.2, 0.25) is 0 Å². The third-order valence-electron chi connectivity index (χ3n) is 7.90. The molecule has 0 amide bonds. The molecule has 9 heteroatoms. The smallest absolute Gasteiger partial charge is 0.229 e. The van der Waals surface area contributed by atoms with E-state index in [0.717, 1.165) is 5.56 Å². The van der Waals surface area contributed by atoms with Gasteiger partial charge in [0.2, 0.25) is 6.29 Å². The predicted molar refractivity (Wildman–Crippen MR) is 135 cm³/mol. The fourth-order valence-corrected chi connectivity index (χ4v) is 6.05. The minimum Gasteiger partial charge on any atom is -0.465 e. The molecule has 0 saturated carbocycles. The van der Waals surface area contributed by atoms with Crippen LogP contribution in [-0.4, -0.2) is 69.3 Å². The Morgan fingerprint density at radius 2 is 1.34 bits per heavy atom. The van der Waals surface area contributed by atoms with Crippen molar-refractivity contribution in [2.24, 2.45) is 10.8 Å². The Morgan fingerprint density at radius 3 is 1.84 bits per heavy atom. The van der Waals surface area contributed by atoms with Crippen molar-refractivity contribution < 1.29 is 44.2 Å². The number of ether oxygens (including phenoxy) is 3. The van der Waals surface area contributed by atoms with Crippen LogP contribution < -0.4 is 4.74 Å². The molecule has 0 aromatic heterocycles. The third-order valence-corrected chi connectivity index (χ3v) is 7.90. The molecular formula is C29H36O9. The highest BCUT2D eigenvalue weighted by Gasteiger charge is 2.48. The number of carbonyl (C=O) groups is 2. The summed E-state index contributed by atoms with van der Waals surface area (Å²) >= 11 is 0. The van der Waals surface area contributed by atoms with Gasteiger partial charge in [0.15, 0.2) is 11.6 Å². The summed E-state index contributed by atoms with van der Waals surface area (Å²) in [5.41, 5.74) is 1.35. The first-order chi connectivity index (χ1) is 17.8. The van der Waals surface area contributed by atoms with E-state index in [2.05, 4.69) is 0 Å². The average Bonchev–Trinajstić information content (AvgIpc) is 2.82. The molecule has 1 fully saturated rings. The molecule has 2 aliphatic carbocycles. The van der Waals surface area contributed by atoms with Crippen molar-refractivity contribution in [1.29, 1.82) is 0 Å². The fourth-order valence-electron chi connectivity index (χ4n) is 6.05. The molecule has 206 valence electrons. The SMILES string of the molecule is CC1(C)CC(=O)C2=C(C1)OC1=C(C(=O)CC(C)(C)C1)C2c1ccc(O[C@@H]2OC(CO)[C@@H](O)[C@H](O)[C@@H]2O)cc1. The van der Waals surface area contributed by atoms with Crippen LogP contribution in [0.15, 0.2) is 46.9 Å². The van der Waals surface area contributed by atoms with E-state index >= 15 is 0 Å². The summed E-state index contributed by atoms with van der Waals surface area (Å²) in [6, 6.07) is 6.82. The van der Waals surface area contributed by atoms with Gasteiger partial charge in [0.25, 0.3) is 0 Å². The maximum atomic E-state index is 13.4. The Labute approximate surface area is 221 Å². The minimum atomic E-state index is -1.55. The molecule has 9 nitrogen and oxygen atoms in total. The predicted octanol–water partition coefficient (Wildman–Crippen LogP) is 2.27. The van der Waals surface area contributed by atoms with E-state index in [0.29, 0.717) is 54.1 Å². The zero-order valence-corrected chi connectivity index (χ0v) is 22.1. The highest BCUT2D eigenvalue weighted by atomic mass is 16.7. The summed E-state index contributed by atoms with van der Waals surface area (Å²) in [7, 11) is 0. The van der Waals surface area contributed by atoms with Crippen molar-refractivity contribution in [2.45, 2.75) is 90.0 Å². The van der Waals surface area contributed by atoms with Gasteiger partial charge in [-0.05, 0) is 28.5 Å². The van der Waals surface area contributed by atoms with Crippen LogP contribution in [0.5, 0.6) is 5.75 Å². The molecule has 5 rings (SSSR count). The lowest BCUT2D eigenvalue weighted by Crippen LogP contribution is -2.60. The number of ketones is 2. The maximum absolute atomic E-state index is 13.4. The van der Waals surface area contributed by atoms with E-state index in [9.17, 15) is 30.0 Å². The van der Waals surface area contributed by atoms with Crippen LogP contribution in [0.4, 0.5) is 0 Å². The summed E-state index contributed by atoms with van der Waals surface area (Å²) in [5, 5.41) is 39.8. The molecule has 2 heterocycles. The summed E-state index contributed by atoms with van der Waals surface area (Å²) in [5.74, 6) is 1.01. The molecule has 1 saturated heterocycles. The second-order valence-electron chi connectivity index (χ2n) is 12.5. The molecule has 1 unspecified atom stereocenters. The topological polar surface area (TPSA) is 143 Å². The lowest BCUT2D eigenvalue weighted by molar-refractivity contribution is -0.277. The van der Waals surface area contributed by atoms with Gasteiger partial charge in [-0.15, -0.1) is 0 Å². The Morgan fingerprint density at radius 1 is 0.816 bits per heavy atom. The quantitative estimate of drug-likeness (QED) is 0.463. The largest absolute Gasteiger partial charge is 0.465 e. The second-order valence-corrected chi connectivity index (χ2v) is 12.5. The number of hydrogen-bond acceptors (Lipinski definition) is 9. The van der Waals surface area contributed by atoms with Crippen molar-refractivity contribution >= 4 is 11.6 Å². The van der Waals surface area contributed by atoms with E-state index in [4.69, 9.17) is 14.2 Å². The Bertz CT molecular complexity index is 1140. The molecule has 38 heavy (non-hydrogen) atoms. The first kappa shape index (κ1) is 27.0. The van der Waals surface area contributed by atoms with E-state index in [-0.39, 0.29) is 22.4 Å². The van der Waals surface area contributed by atoms with Crippen molar-refractivity contribution in [3.05, 3.63) is 52.5 Å². The van der Waals surface area contributed by atoms with Gasteiger partial charge in [0.1, 0.15) is 41.7 Å². The Hall–Kier alpha value is -2.56. The number of allylic oxidation sites excluding steroid dienone is 4. The van der Waals surface area contributed by atoms with Gasteiger partial charge < -0.3 is 34.6 Å². The summed E-state index contributed by atoms with van der Waals surface area (Å²) in [4.78, 5) is 26.8. The highest BCUT2D eigenvalue weighted by molar-refractivity contribution is 6.06. The van der Waals surface area contributed by atoms with Gasteiger partial charge >= 0.3 is 0 Å². The van der Waals surface area contributed by atoms with Crippen LogP contribution in [0.3, 0.4) is 0 Å². The lowest BCUT2D eigenvalue weighted by atomic mass is 9.65. The fraction of sp³-hybridized carbons (Fsp3) is 0.586. The van der Waals surface area contributed by atoms with Crippen molar-refractivity contribution in [3.63, 3.8) is 0 Å². The highest BCUT2D eigenvalue weighted by Crippen LogP contribution is 2.53. The molecule has 4 aliphatic rings. The normalized spacial score (nSPS) is 33.0. The summed E-state index contributed by atoms with van der Waals surface area (Å²) < 4.78 is 17.5. The van der Waals surface area contributed by atoms with E-state index in [1.807, 2.05) is 27.7 Å². The third kappa shape index (κ3) is 4.82. The van der Waals surface area contributed by atoms with E-state index in [1.165, 1.54) is 0 Å². The molecule has 2 aliphatic heterocycles. The Balaban J connectivity index is 1.48. The number of Topliss-reactive ketones (excluding diaryl/α,β-unsaturated/α-hetero) is 2. The van der Waals surface area contributed by atoms with Crippen molar-refractivity contribution in [2.75, 3.05) is 6.61 Å². The molecule has 5 atom stereocenters. The molecule has 0 spiro atoms. The zero-order chi connectivity index (χ0) is 27.6. The van der Waals surface area contributed by atoms with Crippen LogP contribution in [0.25, 0.3) is 0 Å². The minimum absolute atomic E-state index is 0.0212. The number of aliphatic hydroxyl groups is 4. The number of aliphatic hydroxyl groups excluding tert-OH is 4. The Kier molecular flexibility index (Phi) is 6.81.